The number of terminal acetylenes is 3. The van der Waals surface area contributed by atoms with E-state index in [1.165, 1.54) is 67.1 Å². The Morgan fingerprint density at radius 1 is 0.557 bits per heavy atom. The number of nitrogens with one attached hydrogen (secondary N) is 2. The smallest absolute Gasteiger partial charge is 0.264 e. The molecule has 3 aliphatic heterocycles. The van der Waals surface area contributed by atoms with Gasteiger partial charge in [-0.2, -0.15) is 0 Å². The number of fused-ring (bicyclic) bond motifs is 4. The molecule has 0 bridgehead atoms. The van der Waals surface area contributed by atoms with Gasteiger partial charge in [0.1, 0.15) is 11.1 Å². The lowest BCUT2D eigenvalue weighted by Crippen LogP contribution is -3.00. The first-order valence-electron chi connectivity index (χ1n) is 35.0. The molecular formula is C82H91BCl2N15O6. The molecule has 21 nitrogen and oxygen atoms in total. The van der Waals surface area contributed by atoms with Crippen LogP contribution >= 0.6 is 11.6 Å². The predicted octanol–water partition coefficient (Wildman–Crippen LogP) is 7.41. The Morgan fingerprint density at radius 2 is 0.972 bits per heavy atom. The fourth-order valence-electron chi connectivity index (χ4n) is 13.3. The highest BCUT2D eigenvalue weighted by Gasteiger charge is 2.28. The zero-order valence-electron chi connectivity index (χ0n) is 59.6. The van der Waals surface area contributed by atoms with Crippen LogP contribution in [0.2, 0.25) is 5.02 Å². The summed E-state index contributed by atoms with van der Waals surface area (Å²) in [6.45, 7) is 12.3. The highest BCUT2D eigenvalue weighted by atomic mass is 35.5. The quantitative estimate of drug-likeness (QED) is 0.0735. The van der Waals surface area contributed by atoms with Crippen molar-refractivity contribution in [1.29, 1.82) is 0 Å². The zero-order valence-corrected chi connectivity index (χ0v) is 61.1. The van der Waals surface area contributed by atoms with E-state index in [1.807, 2.05) is 114 Å². The number of rotatable bonds is 8. The summed E-state index contributed by atoms with van der Waals surface area (Å²) in [5, 5.41) is 19.3. The SMILES string of the molecule is C.C#CC1CCCCC1.C#CC1CCN(C(C)=O)CC1.C#CC1CC[NH2+]CC1.CC(=O)N1CCC(C#Cc2cccc3cc([C@H](C)NC(=O)c4c(N)nn5cccnc45)n(-c4ccccc4)c(=O)c23)CC1.C[C@H](NC(=O)c1c(N)nn2cccnc12)c1cc2cccc(Cl)c2c(=O)n1-c1ccccc1.[B].[Cl-]. The van der Waals surface area contributed by atoms with Crippen LogP contribution in [0.15, 0.2) is 156 Å². The Balaban J connectivity index is 0.000000217. The van der Waals surface area contributed by atoms with Crippen LogP contribution in [-0.4, -0.2) is 119 Å². The van der Waals surface area contributed by atoms with Crippen molar-refractivity contribution in [3.8, 4) is 60.2 Å². The highest BCUT2D eigenvalue weighted by molar-refractivity contribution is 6.35. The number of para-hydroxylation sites is 2. The maximum Gasteiger partial charge on any atom is 0.264 e. The van der Waals surface area contributed by atoms with Gasteiger partial charge in [-0.3, -0.25) is 37.9 Å². The standard InChI is InChI=1S/C33H31N7O3.C24H19ClN6O2.C9H13NO.C8H12.C7H11N.CH4.B.ClH/c1-21(36-32(42)29-30(34)37-39-17-7-16-35-31(29)39)27-20-25-9-6-8-24(13-12-23-14-18-38(19-15-23)22(2)41)28(25)33(43)40(27)26-10-4-3-5-11-26;1-14(28-23(32)20-21(26)29-30-12-6-11-27-22(20)30)18-13-15-7-5-10-17(25)19(15)24(33)31(18)16-8-3-2-4-9-16;1-3-9-4-6-10(7-5-9)8(2)11;1-2-8-6-4-3-5-7-8;1-2-7-3-5-8-6-4-7;;;/h3-11,16-17,20-21,23H,14-15,18-19H2,1-2H3,(H2,34,37)(H,36,42);2-14H,1H3,(H2,26,29)(H,28,32);1,9H,4-7H2,2H3;1,8H,3-7H2;1,7-8H,3-6H2;1H4;;1H/t21-;14-;;;;;;/m00....../s1. The number of aromatic nitrogens is 8. The molecule has 4 aliphatic rings. The third kappa shape index (κ3) is 20.0. The van der Waals surface area contributed by atoms with Gasteiger partial charge in [-0.25, -0.2) is 19.0 Å². The molecule has 8 N–H and O–H groups in total. The number of nitrogen functional groups attached to an aromatic ring is 2. The number of pyridine rings is 2. The molecule has 9 heterocycles. The second-order valence-electron chi connectivity index (χ2n) is 26.1. The van der Waals surface area contributed by atoms with Crippen LogP contribution in [0, 0.1) is 72.5 Å². The molecule has 24 heteroatoms. The van der Waals surface area contributed by atoms with Gasteiger partial charge >= 0.3 is 0 Å². The molecule has 10 aromatic rings. The van der Waals surface area contributed by atoms with Crippen molar-refractivity contribution in [3.63, 3.8) is 0 Å². The molecule has 1 saturated carbocycles. The number of quaternary nitrogens is 1. The minimum absolute atomic E-state index is 0. The Labute approximate surface area is 632 Å². The Kier molecular flexibility index (Phi) is 30.3. The number of anilines is 2. The average Bonchev–Trinajstić information content (AvgIpc) is 1.04. The van der Waals surface area contributed by atoms with Gasteiger partial charge in [0.05, 0.1) is 41.0 Å². The molecule has 0 spiro atoms. The van der Waals surface area contributed by atoms with Gasteiger partial charge in [-0.1, -0.05) is 111 Å². The van der Waals surface area contributed by atoms with Gasteiger partial charge in [0.15, 0.2) is 22.9 Å². The molecule has 4 fully saturated rings. The summed E-state index contributed by atoms with van der Waals surface area (Å²) in [6, 6.07) is 35.5. The number of nitrogens with two attached hydrogens (primary N) is 3. The normalized spacial score (nSPS) is 15.0. The van der Waals surface area contributed by atoms with Gasteiger partial charge in [0.2, 0.25) is 11.8 Å². The molecule has 6 aromatic heterocycles. The summed E-state index contributed by atoms with van der Waals surface area (Å²) in [7, 11) is 0. The lowest BCUT2D eigenvalue weighted by atomic mass is 9.90. The van der Waals surface area contributed by atoms with Gasteiger partial charge in [-0.15, -0.1) is 47.2 Å². The number of benzene rings is 4. The van der Waals surface area contributed by atoms with E-state index in [9.17, 15) is 28.8 Å². The van der Waals surface area contributed by atoms with E-state index in [0.717, 1.165) is 44.2 Å². The van der Waals surface area contributed by atoms with Crippen molar-refractivity contribution in [2.45, 2.75) is 118 Å². The molecule has 2 atom stereocenters. The lowest BCUT2D eigenvalue weighted by Gasteiger charge is -2.28. The van der Waals surface area contributed by atoms with E-state index >= 15 is 0 Å². The van der Waals surface area contributed by atoms with E-state index in [0.29, 0.717) is 91.6 Å². The number of amides is 4. The Morgan fingerprint density at radius 3 is 1.41 bits per heavy atom. The number of nitrogens with zero attached hydrogens (tertiary/aromatic N) is 10. The fraction of sp³-hybridized carbons (Fsp3) is 0.341. The van der Waals surface area contributed by atoms with E-state index in [1.54, 1.807) is 79.0 Å². The van der Waals surface area contributed by atoms with Crippen molar-refractivity contribution in [1.82, 2.24) is 58.8 Å². The van der Waals surface area contributed by atoms with E-state index in [2.05, 4.69) is 65.7 Å². The first-order valence-corrected chi connectivity index (χ1v) is 35.4. The third-order valence-electron chi connectivity index (χ3n) is 19.1. The minimum atomic E-state index is -0.580. The molecule has 4 amide bonds. The van der Waals surface area contributed by atoms with Crippen molar-refractivity contribution < 1.29 is 36.9 Å². The second-order valence-corrected chi connectivity index (χ2v) is 26.5. The first-order chi connectivity index (χ1) is 49.9. The van der Waals surface area contributed by atoms with Gasteiger partial charge in [0, 0.05) is 138 Å². The number of hydrogen-bond acceptors (Lipinski definition) is 12. The van der Waals surface area contributed by atoms with E-state index in [-0.39, 0.29) is 79.9 Å². The van der Waals surface area contributed by atoms with Gasteiger partial charge in [-0.05, 0) is 124 Å². The summed E-state index contributed by atoms with van der Waals surface area (Å²) in [4.78, 5) is 89.2. The topological polar surface area (TPSA) is 272 Å². The molecule has 106 heavy (non-hydrogen) atoms. The lowest BCUT2D eigenvalue weighted by molar-refractivity contribution is -0.664. The second kappa shape index (κ2) is 39.1. The van der Waals surface area contributed by atoms with Crippen molar-refractivity contribution >= 4 is 88.1 Å². The van der Waals surface area contributed by atoms with Gasteiger partial charge < -0.3 is 49.6 Å². The number of halogens is 2. The molecule has 4 aromatic carbocycles. The van der Waals surface area contributed by atoms with E-state index < -0.39 is 23.9 Å². The molecule has 14 rings (SSSR count). The van der Waals surface area contributed by atoms with E-state index in [4.69, 9.17) is 42.3 Å². The molecule has 3 saturated heterocycles. The first kappa shape index (κ1) is 82.2. The maximum atomic E-state index is 14.3. The molecule has 1 aliphatic carbocycles. The van der Waals surface area contributed by atoms with Crippen LogP contribution in [0.25, 0.3) is 44.2 Å². The van der Waals surface area contributed by atoms with Crippen molar-refractivity contribution in [2.24, 2.45) is 23.7 Å². The van der Waals surface area contributed by atoms with Crippen molar-refractivity contribution in [3.05, 3.63) is 200 Å². The molecular weight excluding hydrogens is 1370 g/mol. The summed E-state index contributed by atoms with van der Waals surface area (Å²) >= 11 is 6.37. The average molecular weight is 1460 g/mol. The fourth-order valence-corrected chi connectivity index (χ4v) is 13.6. The van der Waals surface area contributed by atoms with Crippen LogP contribution in [0.4, 0.5) is 11.6 Å². The van der Waals surface area contributed by atoms with Crippen LogP contribution < -0.4 is 50.9 Å². The summed E-state index contributed by atoms with van der Waals surface area (Å²) in [5.41, 5.74) is 15.8. The summed E-state index contributed by atoms with van der Waals surface area (Å²) in [5.74, 6) is 16.2. The Hall–Kier alpha value is -11.1. The highest BCUT2D eigenvalue weighted by Crippen LogP contribution is 2.29. The summed E-state index contributed by atoms with van der Waals surface area (Å²) in [6.07, 6.45) is 34.9. The maximum absolute atomic E-state index is 14.3. The van der Waals surface area contributed by atoms with Crippen molar-refractivity contribution in [2.75, 3.05) is 50.7 Å². The van der Waals surface area contributed by atoms with Crippen LogP contribution in [0.3, 0.4) is 0 Å². The number of carbonyl (C=O) groups excluding carboxylic acids is 4. The van der Waals surface area contributed by atoms with Crippen LogP contribution in [0.1, 0.15) is 156 Å². The monoisotopic (exact) mass is 1460 g/mol. The van der Waals surface area contributed by atoms with Gasteiger partial charge in [0.25, 0.3) is 22.9 Å². The minimum Gasteiger partial charge on any atom is -1.00 e. The molecule has 0 unspecified atom stereocenters. The number of carbonyl (C=O) groups is 4. The number of hydrogen-bond donors (Lipinski definition) is 5. The number of piperidine rings is 3. The van der Waals surface area contributed by atoms with Crippen LogP contribution in [-0.2, 0) is 9.59 Å². The Bertz CT molecular complexity index is 4990. The largest absolute Gasteiger partial charge is 1.00 e. The summed E-state index contributed by atoms with van der Waals surface area (Å²) < 4.78 is 6.10. The predicted molar refractivity (Wildman–Crippen MR) is 417 cm³/mol. The zero-order chi connectivity index (χ0) is 73.1. The van der Waals surface area contributed by atoms with Crippen LogP contribution in [0.5, 0.6) is 0 Å². The third-order valence-corrected chi connectivity index (χ3v) is 19.4. The number of likely N-dealkylation sites (tertiary alicyclic amines) is 2. The molecule has 3 radical (unpaired) electrons. The molecule has 547 valence electrons.